The van der Waals surface area contributed by atoms with Crippen molar-refractivity contribution >= 4 is 57.1 Å². The molecule has 158 valence electrons. The molecule has 1 aromatic heterocycles. The Morgan fingerprint density at radius 2 is 1.88 bits per heavy atom. The largest absolute Gasteiger partial charge is 0.871 e. The molecular weight excluding hydrogens is 515 g/mol. The minimum absolute atomic E-state index is 0.183. The monoisotopic (exact) mass is 534 g/mol. The van der Waals surface area contributed by atoms with Gasteiger partial charge in [-0.05, 0) is 71.1 Å². The van der Waals surface area contributed by atoms with Gasteiger partial charge in [0.05, 0.1) is 0 Å². The number of phenolic OH excluding ortho intramolecular Hbond substituents is 1. The number of phenols is 1. The first kappa shape index (κ1) is 20.5. The Labute approximate surface area is 199 Å². The number of carbonyl (C=O) groups excluding carboxylic acids is 1. The fraction of sp³-hybridized carbons (Fsp3) is 0.0769. The van der Waals surface area contributed by atoms with Crippen molar-refractivity contribution in [3.05, 3.63) is 98.1 Å². The van der Waals surface area contributed by atoms with Gasteiger partial charge < -0.3 is 15.1 Å². The summed E-state index contributed by atoms with van der Waals surface area (Å²) in [6, 6.07) is 15.2. The number of aryl methyl sites for hydroxylation is 1. The minimum atomic E-state index is -0.247. The Morgan fingerprint density at radius 3 is 2.66 bits per heavy atom. The molecule has 0 atom stereocenters. The Balaban J connectivity index is 1.49. The van der Waals surface area contributed by atoms with Crippen LogP contribution in [0.4, 0.5) is 5.69 Å². The number of hydrogen-bond donors (Lipinski definition) is 1. The number of carbonyl (C=O) groups is 1. The highest BCUT2D eigenvalue weighted by Crippen LogP contribution is 2.35. The molecule has 0 saturated heterocycles. The van der Waals surface area contributed by atoms with Gasteiger partial charge in [-0.25, -0.2) is 0 Å². The SMILES string of the molecule is CN1/C(=C/C2=C([O-])C(=C\c3ccc4cc(I)ccc4[n+]3C)/C2=O)C=Cc2cc(O)ccc21. The van der Waals surface area contributed by atoms with Crippen LogP contribution in [-0.4, -0.2) is 17.9 Å². The molecule has 2 heterocycles. The van der Waals surface area contributed by atoms with E-state index < -0.39 is 0 Å². The van der Waals surface area contributed by atoms with Gasteiger partial charge in [-0.2, -0.15) is 4.57 Å². The fourth-order valence-corrected chi connectivity index (χ4v) is 4.59. The number of aromatic hydroxyl groups is 1. The summed E-state index contributed by atoms with van der Waals surface area (Å²) >= 11 is 2.28. The van der Waals surface area contributed by atoms with Crippen LogP contribution in [-0.2, 0) is 11.8 Å². The molecule has 0 amide bonds. The molecule has 0 saturated carbocycles. The molecule has 0 bridgehead atoms. The highest BCUT2D eigenvalue weighted by molar-refractivity contribution is 14.1. The molecule has 1 aliphatic carbocycles. The van der Waals surface area contributed by atoms with Crippen molar-refractivity contribution < 1.29 is 19.6 Å². The zero-order valence-corrected chi connectivity index (χ0v) is 19.6. The molecule has 1 aliphatic heterocycles. The predicted octanol–water partition coefficient (Wildman–Crippen LogP) is 3.60. The van der Waals surface area contributed by atoms with E-state index in [2.05, 4.69) is 28.7 Å². The van der Waals surface area contributed by atoms with Gasteiger partial charge in [0.15, 0.2) is 5.78 Å². The molecule has 32 heavy (non-hydrogen) atoms. The lowest BCUT2D eigenvalue weighted by Crippen LogP contribution is -2.35. The highest BCUT2D eigenvalue weighted by atomic mass is 127. The van der Waals surface area contributed by atoms with E-state index in [1.807, 2.05) is 66.0 Å². The molecule has 1 N–H and O–H groups in total. The number of halogens is 1. The van der Waals surface area contributed by atoms with Crippen LogP contribution in [0.15, 0.2) is 83.3 Å². The molecule has 2 aliphatic rings. The van der Waals surface area contributed by atoms with Crippen molar-refractivity contribution in [2.45, 2.75) is 0 Å². The van der Waals surface area contributed by atoms with Crippen molar-refractivity contribution in [3.63, 3.8) is 0 Å². The van der Waals surface area contributed by atoms with Gasteiger partial charge in [0.2, 0.25) is 11.2 Å². The van der Waals surface area contributed by atoms with Crippen LogP contribution in [0, 0.1) is 3.57 Å². The van der Waals surface area contributed by atoms with E-state index in [9.17, 15) is 15.0 Å². The lowest BCUT2D eigenvalue weighted by molar-refractivity contribution is -0.646. The molecule has 0 spiro atoms. The first-order chi connectivity index (χ1) is 15.3. The van der Waals surface area contributed by atoms with Crippen LogP contribution in [0.1, 0.15) is 11.3 Å². The Kier molecular flexibility index (Phi) is 4.89. The van der Waals surface area contributed by atoms with E-state index >= 15 is 0 Å². The first-order valence-electron chi connectivity index (χ1n) is 10.1. The maximum Gasteiger partial charge on any atom is 0.212 e. The number of allylic oxidation sites excluding steroid dienone is 4. The number of likely N-dealkylation sites (N-methyl/N-ethyl adjacent to an activating group) is 1. The quantitative estimate of drug-likeness (QED) is 0.310. The molecule has 5 rings (SSSR count). The summed E-state index contributed by atoms with van der Waals surface area (Å²) in [7, 11) is 3.80. The molecule has 3 aromatic rings. The van der Waals surface area contributed by atoms with Crippen molar-refractivity contribution in [2.75, 3.05) is 11.9 Å². The normalized spacial score (nSPS) is 18.0. The van der Waals surface area contributed by atoms with Crippen LogP contribution < -0.4 is 14.6 Å². The minimum Gasteiger partial charge on any atom is -0.871 e. The molecule has 0 fully saturated rings. The molecule has 5 nitrogen and oxygen atoms in total. The molecule has 2 aromatic carbocycles. The number of benzene rings is 2. The van der Waals surface area contributed by atoms with Crippen molar-refractivity contribution in [3.8, 4) is 5.75 Å². The number of anilines is 1. The second-order valence-corrected chi connectivity index (χ2v) is 9.10. The van der Waals surface area contributed by atoms with Gasteiger partial charge in [0.25, 0.3) is 0 Å². The van der Waals surface area contributed by atoms with Gasteiger partial charge >= 0.3 is 0 Å². The summed E-state index contributed by atoms with van der Waals surface area (Å²) in [5, 5.41) is 23.6. The van der Waals surface area contributed by atoms with Crippen molar-refractivity contribution in [2.24, 2.45) is 7.05 Å². The Hall–Kier alpha value is -3.39. The fourth-order valence-electron chi connectivity index (χ4n) is 4.08. The van der Waals surface area contributed by atoms with Gasteiger partial charge in [-0.1, -0.05) is 11.8 Å². The maximum absolute atomic E-state index is 12.8. The average molecular weight is 534 g/mol. The van der Waals surface area contributed by atoms with Crippen LogP contribution in [0.3, 0.4) is 0 Å². The number of rotatable bonds is 2. The molecular formula is C26H19IN2O3. The van der Waals surface area contributed by atoms with E-state index in [4.69, 9.17) is 0 Å². The molecule has 0 radical (unpaired) electrons. The second-order valence-electron chi connectivity index (χ2n) is 7.85. The van der Waals surface area contributed by atoms with Crippen molar-refractivity contribution in [1.82, 2.24) is 0 Å². The topological polar surface area (TPSA) is 67.5 Å². The van der Waals surface area contributed by atoms with Gasteiger partial charge in [-0.3, -0.25) is 4.79 Å². The summed E-state index contributed by atoms with van der Waals surface area (Å²) in [6.07, 6.45) is 7.00. The molecule has 6 heteroatoms. The lowest BCUT2D eigenvalue weighted by Gasteiger charge is -2.31. The summed E-state index contributed by atoms with van der Waals surface area (Å²) < 4.78 is 3.14. The zero-order chi connectivity index (χ0) is 22.6. The third-order valence-corrected chi connectivity index (χ3v) is 6.60. The van der Waals surface area contributed by atoms with Gasteiger partial charge in [0.1, 0.15) is 12.8 Å². The zero-order valence-electron chi connectivity index (χ0n) is 17.5. The van der Waals surface area contributed by atoms with Gasteiger partial charge in [-0.15, -0.1) is 0 Å². The number of pyridine rings is 1. The van der Waals surface area contributed by atoms with Crippen LogP contribution in [0.5, 0.6) is 5.75 Å². The Bertz CT molecular complexity index is 1450. The van der Waals surface area contributed by atoms with Crippen LogP contribution in [0.2, 0.25) is 0 Å². The number of hydrogen-bond acceptors (Lipinski definition) is 4. The third-order valence-electron chi connectivity index (χ3n) is 5.93. The summed E-state index contributed by atoms with van der Waals surface area (Å²) in [6.45, 7) is 0. The van der Waals surface area contributed by atoms with Crippen LogP contribution >= 0.6 is 22.6 Å². The van der Waals surface area contributed by atoms with Gasteiger partial charge in [0, 0.05) is 62.3 Å². The Morgan fingerprint density at radius 1 is 1.06 bits per heavy atom. The number of ketones is 1. The predicted molar refractivity (Wildman–Crippen MR) is 131 cm³/mol. The van der Waals surface area contributed by atoms with E-state index in [-0.39, 0.29) is 28.4 Å². The summed E-state index contributed by atoms with van der Waals surface area (Å²) in [5.74, 6) is -0.300. The van der Waals surface area contributed by atoms with Crippen molar-refractivity contribution in [1.29, 1.82) is 0 Å². The number of aromatic nitrogens is 1. The summed E-state index contributed by atoms with van der Waals surface area (Å²) in [4.78, 5) is 14.7. The van der Waals surface area contributed by atoms with E-state index in [1.165, 1.54) is 0 Å². The van der Waals surface area contributed by atoms with Crippen LogP contribution in [0.25, 0.3) is 23.1 Å². The van der Waals surface area contributed by atoms with E-state index in [0.29, 0.717) is 0 Å². The van der Waals surface area contributed by atoms with E-state index in [1.54, 1.807) is 24.3 Å². The number of nitrogens with zero attached hydrogens (tertiary/aromatic N) is 2. The highest BCUT2D eigenvalue weighted by Gasteiger charge is 2.28. The maximum atomic E-state index is 12.8. The summed E-state index contributed by atoms with van der Waals surface area (Å²) in [5.41, 5.74) is 4.72. The number of fused-ring (bicyclic) bond motifs is 2. The third kappa shape index (κ3) is 3.31. The second kappa shape index (κ2) is 7.63. The van der Waals surface area contributed by atoms with E-state index in [0.717, 1.165) is 37.1 Å². The lowest BCUT2D eigenvalue weighted by atomic mass is 9.86. The average Bonchev–Trinajstić information content (AvgIpc) is 2.78. The first-order valence-corrected chi connectivity index (χ1v) is 11.1. The smallest absolute Gasteiger partial charge is 0.212 e. The standard InChI is InChI=1S/C26H19IN2O3/c1-28-18(6-3-15-11-17(27)5-9-23(15)28)13-21-25(31)22(26(21)32)14-19-7-4-16-12-20(30)8-10-24(16)29(19)2/h3-14H,1-2H3,(H-,30,31,32). The molecule has 0 unspecified atom stereocenters. The number of Topliss-reactive ketones (excluding diaryl/α,β-unsaturated/α-hetero) is 1.